The zero-order chi connectivity index (χ0) is 11.6. The van der Waals surface area contributed by atoms with Crippen molar-refractivity contribution in [2.75, 3.05) is 13.1 Å². The van der Waals surface area contributed by atoms with Crippen molar-refractivity contribution in [1.29, 1.82) is 0 Å². The maximum Gasteiger partial charge on any atom is 0.227 e. The van der Waals surface area contributed by atoms with E-state index in [1.54, 1.807) is 0 Å². The highest BCUT2D eigenvalue weighted by Gasteiger charge is 2.55. The van der Waals surface area contributed by atoms with Gasteiger partial charge >= 0.3 is 0 Å². The summed E-state index contributed by atoms with van der Waals surface area (Å²) in [4.78, 5) is 14.2. The van der Waals surface area contributed by atoms with E-state index in [1.807, 2.05) is 4.90 Å². The molecule has 0 radical (unpaired) electrons. The molecule has 3 unspecified atom stereocenters. The van der Waals surface area contributed by atoms with E-state index in [0.29, 0.717) is 31.1 Å². The van der Waals surface area contributed by atoms with Gasteiger partial charge in [0.05, 0.1) is 19.0 Å². The molecular formula is C13H20N2O2. The third kappa shape index (κ3) is 1.47. The maximum absolute atomic E-state index is 12.3. The number of likely N-dealkylation sites (tertiary alicyclic amines) is 1. The molecule has 3 atom stereocenters. The molecule has 4 nitrogen and oxygen atoms in total. The fourth-order valence-electron chi connectivity index (χ4n) is 3.98. The average Bonchev–Trinajstić information content (AvgIpc) is 2.93. The molecule has 1 saturated carbocycles. The predicted molar refractivity (Wildman–Crippen MR) is 62.3 cm³/mol. The molecule has 0 aromatic heterocycles. The Balaban J connectivity index is 1.39. The molecule has 94 valence electrons. The van der Waals surface area contributed by atoms with Crippen LogP contribution in [0.4, 0.5) is 0 Å². The van der Waals surface area contributed by atoms with Crippen LogP contribution in [0.3, 0.4) is 0 Å². The van der Waals surface area contributed by atoms with Gasteiger partial charge in [-0.1, -0.05) is 0 Å². The lowest BCUT2D eigenvalue weighted by molar-refractivity contribution is -0.163. The number of carbonyl (C=O) groups excluding carboxylic acids is 1. The van der Waals surface area contributed by atoms with E-state index in [0.717, 1.165) is 25.7 Å². The highest BCUT2D eigenvalue weighted by Crippen LogP contribution is 2.45. The molecular weight excluding hydrogens is 216 g/mol. The quantitative estimate of drug-likeness (QED) is 0.715. The molecule has 3 saturated heterocycles. The summed E-state index contributed by atoms with van der Waals surface area (Å²) in [6.45, 7) is 1.18. The highest BCUT2D eigenvalue weighted by atomic mass is 16.3. The smallest absolute Gasteiger partial charge is 0.227 e. The van der Waals surface area contributed by atoms with E-state index in [4.69, 9.17) is 0 Å². The van der Waals surface area contributed by atoms with E-state index >= 15 is 0 Å². The van der Waals surface area contributed by atoms with E-state index in [2.05, 4.69) is 5.32 Å². The summed E-state index contributed by atoms with van der Waals surface area (Å²) < 4.78 is 0. The van der Waals surface area contributed by atoms with Crippen molar-refractivity contribution >= 4 is 5.91 Å². The minimum atomic E-state index is -0.527. The maximum atomic E-state index is 12.3. The van der Waals surface area contributed by atoms with Crippen LogP contribution in [0.15, 0.2) is 0 Å². The van der Waals surface area contributed by atoms with Crippen molar-refractivity contribution in [2.45, 2.75) is 49.8 Å². The molecule has 2 bridgehead atoms. The zero-order valence-electron chi connectivity index (χ0n) is 10.1. The number of hydrogen-bond donors (Lipinski definition) is 2. The fraction of sp³-hybridized carbons (Fsp3) is 0.923. The lowest BCUT2D eigenvalue weighted by Gasteiger charge is -2.48. The number of nitrogens with zero attached hydrogens (tertiary/aromatic N) is 1. The normalized spacial score (nSPS) is 42.6. The van der Waals surface area contributed by atoms with Crippen molar-refractivity contribution in [1.82, 2.24) is 10.2 Å². The molecule has 4 fully saturated rings. The van der Waals surface area contributed by atoms with Gasteiger partial charge in [-0.3, -0.25) is 4.79 Å². The SMILES string of the molecule is O=C(C1CC2CCC1N2)N1CC(O)(C2CC2)C1. The van der Waals surface area contributed by atoms with Crippen LogP contribution in [0, 0.1) is 11.8 Å². The topological polar surface area (TPSA) is 52.6 Å². The number of β-amino-alcohol motifs (C(OH)–C–C–N with tert-alkyl or cyclic N) is 1. The summed E-state index contributed by atoms with van der Waals surface area (Å²) in [6, 6.07) is 1.000. The third-order valence-corrected chi connectivity index (χ3v) is 5.20. The molecule has 17 heavy (non-hydrogen) atoms. The summed E-state index contributed by atoms with van der Waals surface area (Å²) in [7, 11) is 0. The first-order valence-electron chi connectivity index (χ1n) is 6.93. The van der Waals surface area contributed by atoms with E-state index in [1.165, 1.54) is 6.42 Å². The second kappa shape index (κ2) is 3.23. The molecule has 0 spiro atoms. The molecule has 3 aliphatic heterocycles. The van der Waals surface area contributed by atoms with Crippen LogP contribution in [-0.2, 0) is 4.79 Å². The minimum absolute atomic E-state index is 0.192. The summed E-state index contributed by atoms with van der Waals surface area (Å²) in [5, 5.41) is 13.7. The highest BCUT2D eigenvalue weighted by molar-refractivity contribution is 5.81. The Bertz CT molecular complexity index is 360. The number of aliphatic hydroxyl groups is 1. The zero-order valence-corrected chi connectivity index (χ0v) is 10.1. The summed E-state index contributed by atoms with van der Waals surface area (Å²) in [5.74, 6) is 0.956. The Labute approximate surface area is 101 Å². The second-order valence-electron chi connectivity index (χ2n) is 6.46. The summed E-state index contributed by atoms with van der Waals surface area (Å²) >= 11 is 0. The van der Waals surface area contributed by atoms with Gasteiger partial charge < -0.3 is 15.3 Å². The number of hydrogen-bond acceptors (Lipinski definition) is 3. The average molecular weight is 236 g/mol. The van der Waals surface area contributed by atoms with Crippen molar-refractivity contribution in [2.24, 2.45) is 11.8 Å². The van der Waals surface area contributed by atoms with Crippen molar-refractivity contribution < 1.29 is 9.90 Å². The summed E-state index contributed by atoms with van der Waals surface area (Å²) in [5.41, 5.74) is -0.527. The Morgan fingerprint density at radius 3 is 2.53 bits per heavy atom. The van der Waals surface area contributed by atoms with Crippen LogP contribution in [0.2, 0.25) is 0 Å². The lowest BCUT2D eigenvalue weighted by Crippen LogP contribution is -2.66. The van der Waals surface area contributed by atoms with Crippen molar-refractivity contribution in [3.05, 3.63) is 0 Å². The number of amides is 1. The molecule has 3 heterocycles. The summed E-state index contributed by atoms with van der Waals surface area (Å²) in [6.07, 6.45) is 5.70. The van der Waals surface area contributed by atoms with Crippen molar-refractivity contribution in [3.8, 4) is 0 Å². The van der Waals surface area contributed by atoms with Crippen molar-refractivity contribution in [3.63, 3.8) is 0 Å². The van der Waals surface area contributed by atoms with Gasteiger partial charge in [-0.2, -0.15) is 0 Å². The molecule has 1 aliphatic carbocycles. The van der Waals surface area contributed by atoms with Gasteiger partial charge in [0.15, 0.2) is 0 Å². The third-order valence-electron chi connectivity index (χ3n) is 5.20. The predicted octanol–water partition coefficient (Wildman–Crippen LogP) is 0.110. The van der Waals surface area contributed by atoms with Crippen LogP contribution >= 0.6 is 0 Å². The Kier molecular flexibility index (Phi) is 1.96. The molecule has 2 N–H and O–H groups in total. The van der Waals surface area contributed by atoms with E-state index < -0.39 is 5.60 Å². The van der Waals surface area contributed by atoms with Crippen LogP contribution in [0.5, 0.6) is 0 Å². The Morgan fingerprint density at radius 2 is 2.00 bits per heavy atom. The first-order valence-corrected chi connectivity index (χ1v) is 6.93. The van der Waals surface area contributed by atoms with Crippen LogP contribution in [0.25, 0.3) is 0 Å². The largest absolute Gasteiger partial charge is 0.386 e. The Hall–Kier alpha value is -0.610. The molecule has 4 heteroatoms. The lowest BCUT2D eigenvalue weighted by atomic mass is 9.83. The molecule has 4 rings (SSSR count). The monoisotopic (exact) mass is 236 g/mol. The second-order valence-corrected chi connectivity index (χ2v) is 6.46. The first kappa shape index (κ1) is 10.3. The van der Waals surface area contributed by atoms with E-state index in [-0.39, 0.29) is 11.8 Å². The van der Waals surface area contributed by atoms with Gasteiger partial charge in [-0.15, -0.1) is 0 Å². The molecule has 4 aliphatic rings. The van der Waals surface area contributed by atoms with Gasteiger partial charge in [0.25, 0.3) is 0 Å². The first-order chi connectivity index (χ1) is 8.16. The number of carbonyl (C=O) groups is 1. The Morgan fingerprint density at radius 1 is 1.24 bits per heavy atom. The van der Waals surface area contributed by atoms with Crippen LogP contribution in [0.1, 0.15) is 32.1 Å². The van der Waals surface area contributed by atoms with Gasteiger partial charge in [-0.25, -0.2) is 0 Å². The van der Waals surface area contributed by atoms with Gasteiger partial charge in [0, 0.05) is 12.1 Å². The molecule has 0 aromatic carbocycles. The van der Waals surface area contributed by atoms with E-state index in [9.17, 15) is 9.90 Å². The van der Waals surface area contributed by atoms with Gasteiger partial charge in [0.1, 0.15) is 5.60 Å². The number of rotatable bonds is 2. The minimum Gasteiger partial charge on any atom is -0.386 e. The molecule has 1 amide bonds. The van der Waals surface area contributed by atoms with Gasteiger partial charge in [-0.05, 0) is 38.0 Å². The molecule has 0 aromatic rings. The standard InChI is InChI=1S/C13H20N2O2/c16-12(10-5-9-3-4-11(10)14-9)15-6-13(17,7-15)8-1-2-8/h8-11,14,17H,1-7H2. The fourth-order valence-corrected chi connectivity index (χ4v) is 3.98. The number of nitrogens with one attached hydrogen (secondary N) is 1. The van der Waals surface area contributed by atoms with Crippen LogP contribution in [-0.4, -0.2) is 46.7 Å². The van der Waals surface area contributed by atoms with Gasteiger partial charge in [0.2, 0.25) is 5.91 Å². The number of fused-ring (bicyclic) bond motifs is 2. The van der Waals surface area contributed by atoms with Crippen LogP contribution < -0.4 is 5.32 Å².